The Morgan fingerprint density at radius 3 is 2.80 bits per heavy atom. The van der Waals surface area contributed by atoms with E-state index >= 15 is 0 Å². The largest absolute Gasteiger partial charge is 0.286 e. The van der Waals surface area contributed by atoms with Gasteiger partial charge in [-0.05, 0) is 31.4 Å². The molecule has 0 N–H and O–H groups in total. The Bertz CT molecular complexity index is 336. The summed E-state index contributed by atoms with van der Waals surface area (Å²) >= 11 is 0. The molecule has 1 aliphatic rings. The van der Waals surface area contributed by atoms with Crippen molar-refractivity contribution in [3.8, 4) is 12.3 Å². The number of likely N-dealkylation sites (tertiary alicyclic amines) is 1. The molecule has 1 unspecified atom stereocenters. The van der Waals surface area contributed by atoms with Crippen LogP contribution in [-0.4, -0.2) is 17.5 Å². The predicted octanol–water partition coefficient (Wildman–Crippen LogP) is 2.67. The summed E-state index contributed by atoms with van der Waals surface area (Å²) in [6, 6.07) is 10.9. The third-order valence-electron chi connectivity index (χ3n) is 3.03. The van der Waals surface area contributed by atoms with Crippen molar-refractivity contribution in [1.29, 1.82) is 0 Å². The van der Waals surface area contributed by atoms with Crippen molar-refractivity contribution in [2.24, 2.45) is 0 Å². The molecule has 0 saturated carbocycles. The van der Waals surface area contributed by atoms with Gasteiger partial charge in [0.25, 0.3) is 0 Å². The van der Waals surface area contributed by atoms with Gasteiger partial charge in [-0.3, -0.25) is 4.90 Å². The van der Waals surface area contributed by atoms with E-state index in [9.17, 15) is 0 Å². The molecule has 1 heteroatoms. The summed E-state index contributed by atoms with van der Waals surface area (Å²) in [4.78, 5) is 2.42. The van der Waals surface area contributed by atoms with Gasteiger partial charge < -0.3 is 0 Å². The van der Waals surface area contributed by atoms with E-state index in [4.69, 9.17) is 6.42 Å². The standard InChI is InChI=1S/C14H17N/c1-2-14-10-6-7-11-15(14)12-13-8-4-3-5-9-13/h1,3-5,8-9,14H,6-7,10-12H2. The molecule has 1 atom stereocenters. The Kier molecular flexibility index (Phi) is 3.42. The lowest BCUT2D eigenvalue weighted by Gasteiger charge is -2.32. The Hall–Kier alpha value is -1.26. The Labute approximate surface area is 92.1 Å². The molecule has 1 aliphatic heterocycles. The highest BCUT2D eigenvalue weighted by molar-refractivity contribution is 5.15. The smallest absolute Gasteiger partial charge is 0.0714 e. The molecule has 1 fully saturated rings. The number of hydrogen-bond acceptors (Lipinski definition) is 1. The third-order valence-corrected chi connectivity index (χ3v) is 3.03. The SMILES string of the molecule is C#CC1CCCCN1Cc1ccccc1. The summed E-state index contributed by atoms with van der Waals surface area (Å²) in [5.41, 5.74) is 1.36. The maximum Gasteiger partial charge on any atom is 0.0714 e. The lowest BCUT2D eigenvalue weighted by molar-refractivity contribution is 0.178. The molecule has 0 aromatic heterocycles. The van der Waals surface area contributed by atoms with Crippen LogP contribution in [0.1, 0.15) is 24.8 Å². The fourth-order valence-electron chi connectivity index (χ4n) is 2.19. The second-order valence-electron chi connectivity index (χ2n) is 4.13. The zero-order chi connectivity index (χ0) is 10.5. The summed E-state index contributed by atoms with van der Waals surface area (Å²) in [7, 11) is 0. The molecule has 78 valence electrons. The van der Waals surface area contributed by atoms with Gasteiger partial charge in [-0.1, -0.05) is 36.3 Å². The average Bonchev–Trinajstić information content (AvgIpc) is 2.31. The summed E-state index contributed by atoms with van der Waals surface area (Å²) in [6.07, 6.45) is 9.27. The minimum Gasteiger partial charge on any atom is -0.286 e. The van der Waals surface area contributed by atoms with E-state index in [-0.39, 0.29) is 0 Å². The highest BCUT2D eigenvalue weighted by Crippen LogP contribution is 2.18. The number of benzene rings is 1. The van der Waals surface area contributed by atoms with Crippen LogP contribution in [0, 0.1) is 12.3 Å². The van der Waals surface area contributed by atoms with Crippen molar-refractivity contribution in [3.05, 3.63) is 35.9 Å². The van der Waals surface area contributed by atoms with Gasteiger partial charge in [0, 0.05) is 6.54 Å². The highest BCUT2D eigenvalue weighted by atomic mass is 15.2. The Balaban J connectivity index is 2.01. The zero-order valence-electron chi connectivity index (χ0n) is 9.02. The van der Waals surface area contributed by atoms with Gasteiger partial charge in [0.1, 0.15) is 0 Å². The molecule has 1 nitrogen and oxygen atoms in total. The molecule has 1 aromatic carbocycles. The van der Waals surface area contributed by atoms with Crippen LogP contribution in [0.3, 0.4) is 0 Å². The van der Waals surface area contributed by atoms with Gasteiger partial charge in [0.15, 0.2) is 0 Å². The van der Waals surface area contributed by atoms with Crippen LogP contribution in [0.15, 0.2) is 30.3 Å². The van der Waals surface area contributed by atoms with Gasteiger partial charge in [-0.15, -0.1) is 6.42 Å². The van der Waals surface area contributed by atoms with Gasteiger partial charge >= 0.3 is 0 Å². The van der Waals surface area contributed by atoms with Gasteiger partial charge in [-0.2, -0.15) is 0 Å². The van der Waals surface area contributed by atoms with Crippen molar-refractivity contribution in [2.75, 3.05) is 6.54 Å². The number of piperidine rings is 1. The van der Waals surface area contributed by atoms with E-state index in [0.717, 1.165) is 19.5 Å². The Morgan fingerprint density at radius 2 is 2.07 bits per heavy atom. The summed E-state index contributed by atoms with van der Waals surface area (Å²) in [6.45, 7) is 2.14. The minimum atomic E-state index is 0.346. The molecular weight excluding hydrogens is 182 g/mol. The minimum absolute atomic E-state index is 0.346. The molecule has 15 heavy (non-hydrogen) atoms. The van der Waals surface area contributed by atoms with Crippen LogP contribution in [-0.2, 0) is 6.54 Å². The van der Waals surface area contributed by atoms with Crippen LogP contribution in [0.2, 0.25) is 0 Å². The van der Waals surface area contributed by atoms with E-state index in [1.54, 1.807) is 0 Å². The zero-order valence-corrected chi connectivity index (χ0v) is 9.02. The monoisotopic (exact) mass is 199 g/mol. The number of hydrogen-bond donors (Lipinski definition) is 0. The van der Waals surface area contributed by atoms with Gasteiger partial charge in [-0.25, -0.2) is 0 Å². The van der Waals surface area contributed by atoms with Gasteiger partial charge in [0.05, 0.1) is 6.04 Å². The van der Waals surface area contributed by atoms with Crippen molar-refractivity contribution in [2.45, 2.75) is 31.8 Å². The average molecular weight is 199 g/mol. The van der Waals surface area contributed by atoms with E-state index in [1.807, 2.05) is 0 Å². The second-order valence-corrected chi connectivity index (χ2v) is 4.13. The summed E-state index contributed by atoms with van der Waals surface area (Å²) in [5, 5.41) is 0. The van der Waals surface area contributed by atoms with Crippen molar-refractivity contribution in [3.63, 3.8) is 0 Å². The first-order valence-corrected chi connectivity index (χ1v) is 5.64. The number of nitrogens with zero attached hydrogens (tertiary/aromatic N) is 1. The first-order valence-electron chi connectivity index (χ1n) is 5.64. The molecule has 0 amide bonds. The molecule has 0 radical (unpaired) electrons. The molecular formula is C14H17N. The van der Waals surface area contributed by atoms with Gasteiger partial charge in [0.2, 0.25) is 0 Å². The van der Waals surface area contributed by atoms with Crippen molar-refractivity contribution in [1.82, 2.24) is 4.90 Å². The fraction of sp³-hybridized carbons (Fsp3) is 0.429. The van der Waals surface area contributed by atoms with Crippen LogP contribution in [0.4, 0.5) is 0 Å². The van der Waals surface area contributed by atoms with E-state index in [0.29, 0.717) is 6.04 Å². The molecule has 0 aliphatic carbocycles. The van der Waals surface area contributed by atoms with Crippen LogP contribution >= 0.6 is 0 Å². The lowest BCUT2D eigenvalue weighted by Crippen LogP contribution is -2.37. The van der Waals surface area contributed by atoms with Crippen molar-refractivity contribution < 1.29 is 0 Å². The number of rotatable bonds is 2. The lowest BCUT2D eigenvalue weighted by atomic mass is 10.0. The maximum atomic E-state index is 5.56. The molecule has 2 rings (SSSR count). The molecule has 0 bridgehead atoms. The quantitative estimate of drug-likeness (QED) is 0.662. The molecule has 0 spiro atoms. The molecule has 1 saturated heterocycles. The fourth-order valence-corrected chi connectivity index (χ4v) is 2.19. The third kappa shape index (κ3) is 2.61. The van der Waals surface area contributed by atoms with Crippen LogP contribution in [0.25, 0.3) is 0 Å². The summed E-state index contributed by atoms with van der Waals surface area (Å²) in [5.74, 6) is 2.90. The van der Waals surface area contributed by atoms with Crippen LogP contribution < -0.4 is 0 Å². The normalized spacial score (nSPS) is 22.2. The number of terminal acetylenes is 1. The van der Waals surface area contributed by atoms with Crippen LogP contribution in [0.5, 0.6) is 0 Å². The Morgan fingerprint density at radius 1 is 1.27 bits per heavy atom. The van der Waals surface area contributed by atoms with E-state index in [1.165, 1.54) is 18.4 Å². The predicted molar refractivity (Wildman–Crippen MR) is 63.3 cm³/mol. The van der Waals surface area contributed by atoms with Crippen molar-refractivity contribution >= 4 is 0 Å². The first-order chi connectivity index (χ1) is 7.40. The maximum absolute atomic E-state index is 5.56. The van der Waals surface area contributed by atoms with E-state index < -0.39 is 0 Å². The van der Waals surface area contributed by atoms with E-state index in [2.05, 4.69) is 41.2 Å². The topological polar surface area (TPSA) is 3.24 Å². The molecule has 1 heterocycles. The summed E-state index contributed by atoms with van der Waals surface area (Å²) < 4.78 is 0. The second kappa shape index (κ2) is 5.00. The highest BCUT2D eigenvalue weighted by Gasteiger charge is 2.19. The molecule has 1 aromatic rings. The first kappa shape index (κ1) is 10.3.